The Hall–Kier alpha value is -2.47. The third-order valence-electron chi connectivity index (χ3n) is 3.11. The molecule has 0 amide bonds. The van der Waals surface area contributed by atoms with Crippen LogP contribution in [0.1, 0.15) is 5.56 Å². The summed E-state index contributed by atoms with van der Waals surface area (Å²) in [6.07, 6.45) is 0. The Kier molecular flexibility index (Phi) is 4.02. The molecule has 0 saturated carbocycles. The van der Waals surface area contributed by atoms with Crippen LogP contribution in [0.15, 0.2) is 36.4 Å². The van der Waals surface area contributed by atoms with Crippen LogP contribution in [0.2, 0.25) is 5.02 Å². The molecule has 2 aromatic carbocycles. The highest BCUT2D eigenvalue weighted by Gasteiger charge is 2.18. The molecule has 1 aliphatic rings. The minimum Gasteiger partial charge on any atom is -0.486 e. The van der Waals surface area contributed by atoms with Gasteiger partial charge in [0.15, 0.2) is 17.2 Å². The molecule has 7 heteroatoms. The molecule has 22 heavy (non-hydrogen) atoms. The molecule has 0 spiro atoms. The summed E-state index contributed by atoms with van der Waals surface area (Å²) < 4.78 is 16.5. The first-order chi connectivity index (χ1) is 10.6. The second-order valence-corrected chi connectivity index (χ2v) is 5.02. The van der Waals surface area contributed by atoms with E-state index in [-0.39, 0.29) is 18.0 Å². The molecule has 114 valence electrons. The van der Waals surface area contributed by atoms with Crippen molar-refractivity contribution in [3.63, 3.8) is 0 Å². The maximum absolute atomic E-state index is 10.9. The Balaban J connectivity index is 1.80. The van der Waals surface area contributed by atoms with Crippen LogP contribution in [-0.4, -0.2) is 18.1 Å². The molecule has 0 atom stereocenters. The number of ether oxygens (including phenoxy) is 3. The van der Waals surface area contributed by atoms with Gasteiger partial charge in [0.2, 0.25) is 0 Å². The molecule has 1 heterocycles. The van der Waals surface area contributed by atoms with E-state index in [2.05, 4.69) is 0 Å². The van der Waals surface area contributed by atoms with E-state index in [1.165, 1.54) is 6.07 Å². The lowest BCUT2D eigenvalue weighted by atomic mass is 10.2. The van der Waals surface area contributed by atoms with E-state index >= 15 is 0 Å². The highest BCUT2D eigenvalue weighted by atomic mass is 35.5. The number of rotatable bonds is 4. The molecule has 0 aliphatic carbocycles. The van der Waals surface area contributed by atoms with Crippen molar-refractivity contribution < 1.29 is 19.1 Å². The number of nitrogens with zero attached hydrogens (tertiary/aromatic N) is 1. The zero-order valence-electron chi connectivity index (χ0n) is 11.5. The van der Waals surface area contributed by atoms with Crippen molar-refractivity contribution in [1.82, 2.24) is 0 Å². The number of fused-ring (bicyclic) bond motifs is 1. The third-order valence-corrected chi connectivity index (χ3v) is 3.39. The summed E-state index contributed by atoms with van der Waals surface area (Å²) in [5.41, 5.74) is 0.665. The Morgan fingerprint density at radius 1 is 1.23 bits per heavy atom. The van der Waals surface area contributed by atoms with Gasteiger partial charge < -0.3 is 14.2 Å². The normalized spacial score (nSPS) is 12.8. The van der Waals surface area contributed by atoms with E-state index in [0.717, 1.165) is 5.56 Å². The lowest BCUT2D eigenvalue weighted by Crippen LogP contribution is -2.16. The van der Waals surface area contributed by atoms with Crippen LogP contribution in [0.4, 0.5) is 5.69 Å². The quantitative estimate of drug-likeness (QED) is 0.635. The summed E-state index contributed by atoms with van der Waals surface area (Å²) in [6, 6.07) is 9.67. The van der Waals surface area contributed by atoms with Crippen LogP contribution in [0.25, 0.3) is 0 Å². The van der Waals surface area contributed by atoms with Crippen LogP contribution in [0.3, 0.4) is 0 Å². The number of nitro groups is 1. The molecule has 2 aromatic rings. The summed E-state index contributed by atoms with van der Waals surface area (Å²) in [4.78, 5) is 10.5. The first-order valence-electron chi connectivity index (χ1n) is 6.59. The van der Waals surface area contributed by atoms with Gasteiger partial charge >= 0.3 is 5.69 Å². The molecule has 0 radical (unpaired) electrons. The zero-order valence-corrected chi connectivity index (χ0v) is 12.2. The number of para-hydroxylation sites is 2. The van der Waals surface area contributed by atoms with Gasteiger partial charge in [-0.05, 0) is 23.8 Å². The van der Waals surface area contributed by atoms with Crippen molar-refractivity contribution in [1.29, 1.82) is 0 Å². The molecule has 0 N–H and O–H groups in total. The molecule has 0 saturated heterocycles. The van der Waals surface area contributed by atoms with Crippen molar-refractivity contribution in [2.45, 2.75) is 6.61 Å². The SMILES string of the molecule is O=[N+]([O-])c1ccccc1OCc1cc(Cl)c2c(c1)OCCO2. The lowest BCUT2D eigenvalue weighted by Gasteiger charge is -2.20. The topological polar surface area (TPSA) is 70.8 Å². The maximum atomic E-state index is 10.9. The Morgan fingerprint density at radius 3 is 2.82 bits per heavy atom. The molecule has 0 unspecified atom stereocenters. The summed E-state index contributed by atoms with van der Waals surface area (Å²) in [7, 11) is 0. The zero-order chi connectivity index (χ0) is 15.5. The van der Waals surface area contributed by atoms with Crippen LogP contribution in [-0.2, 0) is 6.61 Å². The Morgan fingerprint density at radius 2 is 2.00 bits per heavy atom. The van der Waals surface area contributed by atoms with Crippen LogP contribution >= 0.6 is 11.6 Å². The fourth-order valence-electron chi connectivity index (χ4n) is 2.14. The fraction of sp³-hybridized carbons (Fsp3) is 0.200. The van der Waals surface area contributed by atoms with Crippen molar-refractivity contribution in [3.05, 3.63) is 57.1 Å². The number of halogens is 1. The number of benzene rings is 2. The molecule has 6 nitrogen and oxygen atoms in total. The molecule has 1 aliphatic heterocycles. The highest BCUT2D eigenvalue weighted by molar-refractivity contribution is 6.32. The van der Waals surface area contributed by atoms with Gasteiger partial charge in [0.25, 0.3) is 0 Å². The van der Waals surface area contributed by atoms with Gasteiger partial charge in [-0.25, -0.2) is 0 Å². The monoisotopic (exact) mass is 321 g/mol. The first-order valence-corrected chi connectivity index (χ1v) is 6.97. The van der Waals surface area contributed by atoms with Gasteiger partial charge in [-0.1, -0.05) is 23.7 Å². The largest absolute Gasteiger partial charge is 0.486 e. The standard InChI is InChI=1S/C15H12ClNO5/c16-11-7-10(8-14-15(11)21-6-5-20-14)9-22-13-4-2-1-3-12(13)17(18)19/h1-4,7-8H,5-6,9H2. The first kappa shape index (κ1) is 14.5. The van der Waals surface area contributed by atoms with Gasteiger partial charge in [-0.2, -0.15) is 0 Å². The van der Waals surface area contributed by atoms with E-state index in [4.69, 9.17) is 25.8 Å². The van der Waals surface area contributed by atoms with Gasteiger partial charge in [0, 0.05) is 6.07 Å². The number of hydrogen-bond donors (Lipinski definition) is 0. The molecular weight excluding hydrogens is 310 g/mol. The van der Waals surface area contributed by atoms with Crippen molar-refractivity contribution in [3.8, 4) is 17.2 Å². The van der Waals surface area contributed by atoms with Crippen molar-refractivity contribution >= 4 is 17.3 Å². The van der Waals surface area contributed by atoms with E-state index in [1.807, 2.05) is 0 Å². The molecule has 3 rings (SSSR count). The Labute approximate surface area is 131 Å². The molecule has 0 aromatic heterocycles. The van der Waals surface area contributed by atoms with Gasteiger partial charge in [-0.3, -0.25) is 10.1 Å². The van der Waals surface area contributed by atoms with Crippen LogP contribution < -0.4 is 14.2 Å². The smallest absolute Gasteiger partial charge is 0.310 e. The summed E-state index contributed by atoms with van der Waals surface area (Å²) >= 11 is 6.14. The van der Waals surface area contributed by atoms with E-state index in [0.29, 0.717) is 29.7 Å². The van der Waals surface area contributed by atoms with E-state index < -0.39 is 4.92 Å². The average molecular weight is 322 g/mol. The fourth-order valence-corrected chi connectivity index (χ4v) is 2.43. The lowest BCUT2D eigenvalue weighted by molar-refractivity contribution is -0.385. The third kappa shape index (κ3) is 2.92. The second kappa shape index (κ2) is 6.11. The highest BCUT2D eigenvalue weighted by Crippen LogP contribution is 2.38. The van der Waals surface area contributed by atoms with Crippen molar-refractivity contribution in [2.75, 3.05) is 13.2 Å². The van der Waals surface area contributed by atoms with E-state index in [9.17, 15) is 10.1 Å². The minimum atomic E-state index is -0.480. The summed E-state index contributed by atoms with van der Waals surface area (Å²) in [5.74, 6) is 1.28. The van der Waals surface area contributed by atoms with Gasteiger partial charge in [0.05, 0.1) is 9.95 Å². The summed E-state index contributed by atoms with van der Waals surface area (Å²) in [5, 5.41) is 11.4. The minimum absolute atomic E-state index is 0.0776. The number of hydrogen-bond acceptors (Lipinski definition) is 5. The predicted octanol–water partition coefficient (Wildman–Crippen LogP) is 3.60. The summed E-state index contributed by atoms with van der Waals surface area (Å²) in [6.45, 7) is 1.05. The van der Waals surface area contributed by atoms with Crippen LogP contribution in [0.5, 0.6) is 17.2 Å². The predicted molar refractivity (Wildman–Crippen MR) is 79.9 cm³/mol. The molecule has 0 bridgehead atoms. The van der Waals surface area contributed by atoms with Gasteiger partial charge in [0.1, 0.15) is 19.8 Å². The number of nitro benzene ring substituents is 1. The van der Waals surface area contributed by atoms with Gasteiger partial charge in [-0.15, -0.1) is 0 Å². The average Bonchev–Trinajstić information content (AvgIpc) is 2.53. The molecular formula is C15H12ClNO5. The maximum Gasteiger partial charge on any atom is 0.310 e. The van der Waals surface area contributed by atoms with Crippen LogP contribution in [0, 0.1) is 10.1 Å². The van der Waals surface area contributed by atoms with Crippen molar-refractivity contribution in [2.24, 2.45) is 0 Å². The second-order valence-electron chi connectivity index (χ2n) is 4.62. The molecule has 0 fully saturated rings. The van der Waals surface area contributed by atoms with E-state index in [1.54, 1.807) is 30.3 Å². The Bertz CT molecular complexity index is 719.